The first-order valence-electron chi connectivity index (χ1n) is 32.4. The van der Waals surface area contributed by atoms with Gasteiger partial charge in [-0.1, -0.05) is 63.7 Å². The van der Waals surface area contributed by atoms with Gasteiger partial charge in [0.2, 0.25) is 0 Å². The van der Waals surface area contributed by atoms with Crippen LogP contribution in [0.15, 0.2) is 24.3 Å². The molecule has 0 aliphatic rings. The normalized spacial score (nSPS) is 12.5. The van der Waals surface area contributed by atoms with Gasteiger partial charge in [-0.2, -0.15) is 5.90 Å². The molecule has 1 aromatic carbocycles. The summed E-state index contributed by atoms with van der Waals surface area (Å²) in [4.78, 5) is 0. The lowest BCUT2D eigenvalue weighted by Gasteiger charge is -2.12. The van der Waals surface area contributed by atoms with Crippen molar-refractivity contribution in [2.24, 2.45) is 0 Å². The average Bonchev–Trinajstić information content (AvgIpc) is 1.55. The Labute approximate surface area is 539 Å². The molecule has 0 heterocycles. The predicted molar refractivity (Wildman–Crippen MR) is 334 cm³/mol. The first-order valence-corrected chi connectivity index (χ1v) is 33.7. The van der Waals surface area contributed by atoms with E-state index in [2.05, 4.69) is 51.6 Å². The topological polar surface area (TPSA) is 286 Å². The summed E-state index contributed by atoms with van der Waals surface area (Å²) in [5, 5.41) is 0. The predicted octanol–water partition coefficient (Wildman–Crippen LogP) is 4.61. The molecule has 3 N–H and O–H groups in total. The fourth-order valence-electron chi connectivity index (χ4n) is 7.42. The van der Waals surface area contributed by atoms with Gasteiger partial charge in [-0.05, 0) is 37.5 Å². The van der Waals surface area contributed by atoms with Gasteiger partial charge in [0.15, 0.2) is 0 Å². The molecule has 1 atom stereocenters. The molecule has 28 heteroatoms. The van der Waals surface area contributed by atoms with E-state index in [1.54, 1.807) is 0 Å². The standard InChI is InChI=1S/C62H118NO26S/c1-3-5-6-7-8-9-10-12-60-13-14-62(61(59-60)11-4-2)87-57-55-85-53-51-83-49-47-81-45-43-79-41-39-77-37-35-75-33-31-73-29-27-71-25-23-69-21-19-67-17-15-66-16-18-68-20-22-70-24-26-72-28-30-74-32-34-76-36-38-78-40-42-80-44-46-82-48-50-84-52-54-86-56-58-88-90(64,65)89-63/h4,11,13-14,59H,3,5-10,12,15-58H2,1-2,63H3/q+2/b11-4+. The summed E-state index contributed by atoms with van der Waals surface area (Å²) in [6.45, 7) is 23.9. The minimum Gasteiger partial charge on any atom is -0.491 e. The van der Waals surface area contributed by atoms with Gasteiger partial charge < -0.3 is 104 Å². The van der Waals surface area contributed by atoms with Gasteiger partial charge in [0.05, 0.1) is 282 Å². The highest BCUT2D eigenvalue weighted by Gasteiger charge is 2.35. The minimum atomic E-state index is -4.04. The molecule has 1 radical (unpaired) electrons. The zero-order chi connectivity index (χ0) is 64.5. The van der Waals surface area contributed by atoms with Gasteiger partial charge in [0.25, 0.3) is 0 Å². The molecule has 0 aromatic heterocycles. The van der Waals surface area contributed by atoms with Crippen molar-refractivity contribution in [2.75, 3.05) is 291 Å². The SMILES string of the molecule is C/C=C/c1cc(CCCCCCCCC)ccc1OCCOCCOCCOCCOCCOCCOCCOCCOCCOCCOCCOCCOCCOCCOCCOCCOCCOCCOCCOCCOCCOCCO[S+]([O])(=O)O[NH3+]. The van der Waals surface area contributed by atoms with Crippen LogP contribution < -0.4 is 10.6 Å². The largest absolute Gasteiger partial charge is 0.597 e. The molecular weight excluding hydrogens is 1210 g/mol. The third kappa shape index (κ3) is 66.0. The van der Waals surface area contributed by atoms with Gasteiger partial charge >= 0.3 is 10.8 Å². The second-order valence-corrected chi connectivity index (χ2v) is 20.6. The van der Waals surface area contributed by atoms with Crippen LogP contribution in [0.1, 0.15) is 69.9 Å². The number of hydrogen-bond donors (Lipinski definition) is 1. The second-order valence-electron chi connectivity index (χ2n) is 19.3. The fourth-order valence-corrected chi connectivity index (χ4v) is 7.76. The molecule has 0 fully saturated rings. The number of ether oxygens (including phenoxy) is 22. The van der Waals surface area contributed by atoms with Crippen molar-refractivity contribution in [1.29, 1.82) is 0 Å². The maximum atomic E-state index is 10.9. The molecular formula is C62H118NO26S+2. The van der Waals surface area contributed by atoms with Crippen LogP contribution in [-0.4, -0.2) is 291 Å². The van der Waals surface area contributed by atoms with Gasteiger partial charge in [-0.15, -0.1) is 4.18 Å². The Hall–Kier alpha value is -2.09. The Kier molecular flexibility index (Phi) is 69.4. The highest BCUT2D eigenvalue weighted by molar-refractivity contribution is 7.88. The molecule has 531 valence electrons. The van der Waals surface area contributed by atoms with Crippen LogP contribution in [0.3, 0.4) is 0 Å². The van der Waals surface area contributed by atoms with Crippen molar-refractivity contribution in [3.8, 4) is 5.75 Å². The Balaban J connectivity index is 1.65. The van der Waals surface area contributed by atoms with E-state index in [1.807, 2.05) is 6.92 Å². The summed E-state index contributed by atoms with van der Waals surface area (Å²) >= 11 is 0. The van der Waals surface area contributed by atoms with Crippen LogP contribution in [0.5, 0.6) is 5.75 Å². The zero-order valence-corrected chi connectivity index (χ0v) is 55.7. The van der Waals surface area contributed by atoms with E-state index in [1.165, 1.54) is 50.5 Å². The van der Waals surface area contributed by atoms with Crippen LogP contribution in [0, 0.1) is 0 Å². The number of hydrogen-bond acceptors (Lipinski definition) is 25. The highest BCUT2D eigenvalue weighted by Crippen LogP contribution is 2.23. The van der Waals surface area contributed by atoms with Crippen LogP contribution in [-0.2, 0) is 134 Å². The molecule has 0 saturated carbocycles. The van der Waals surface area contributed by atoms with Crippen LogP contribution in [0.4, 0.5) is 0 Å². The average molecular weight is 1330 g/mol. The van der Waals surface area contributed by atoms with Crippen molar-refractivity contribution in [3.05, 3.63) is 35.4 Å². The highest BCUT2D eigenvalue weighted by atomic mass is 32.3. The molecule has 27 nitrogen and oxygen atoms in total. The van der Waals surface area contributed by atoms with Gasteiger partial charge in [-0.3, -0.25) is 0 Å². The van der Waals surface area contributed by atoms with Crippen molar-refractivity contribution < 1.29 is 127 Å². The lowest BCUT2D eigenvalue weighted by Crippen LogP contribution is -2.53. The number of unbranched alkanes of at least 4 members (excludes halogenated alkanes) is 6. The molecule has 0 aliphatic carbocycles. The molecule has 0 aliphatic heterocycles. The molecule has 0 spiro atoms. The Bertz CT molecular complexity index is 1650. The fraction of sp³-hybridized carbons (Fsp3) is 0.871. The van der Waals surface area contributed by atoms with Gasteiger partial charge in [-0.25, -0.2) is 0 Å². The van der Waals surface area contributed by atoms with E-state index < -0.39 is 10.8 Å². The first-order chi connectivity index (χ1) is 44.5. The summed E-state index contributed by atoms with van der Waals surface area (Å²) < 4.78 is 152. The smallest absolute Gasteiger partial charge is 0.491 e. The Morgan fingerprint density at radius 3 is 0.811 bits per heavy atom. The third-order valence-corrected chi connectivity index (χ3v) is 12.8. The van der Waals surface area contributed by atoms with E-state index >= 15 is 0 Å². The molecule has 1 rings (SSSR count). The molecule has 0 amide bonds. The number of rotatable bonds is 78. The van der Waals surface area contributed by atoms with E-state index in [0.29, 0.717) is 277 Å². The van der Waals surface area contributed by atoms with Crippen molar-refractivity contribution >= 4 is 16.9 Å². The molecule has 1 unspecified atom stereocenters. The zero-order valence-electron chi connectivity index (χ0n) is 54.9. The lowest BCUT2D eigenvalue weighted by atomic mass is 10.0. The molecule has 90 heavy (non-hydrogen) atoms. The number of quaternary nitrogens is 1. The Morgan fingerprint density at radius 2 is 0.567 bits per heavy atom. The van der Waals surface area contributed by atoms with Gasteiger partial charge in [0, 0.05) is 9.77 Å². The van der Waals surface area contributed by atoms with E-state index in [9.17, 15) is 8.76 Å². The van der Waals surface area contributed by atoms with E-state index in [-0.39, 0.29) is 13.2 Å². The third-order valence-electron chi connectivity index (χ3n) is 12.0. The number of allylic oxidation sites excluding steroid dienone is 1. The second kappa shape index (κ2) is 72.7. The van der Waals surface area contributed by atoms with Crippen molar-refractivity contribution in [1.82, 2.24) is 0 Å². The van der Waals surface area contributed by atoms with Crippen molar-refractivity contribution in [2.45, 2.75) is 65.2 Å². The summed E-state index contributed by atoms with van der Waals surface area (Å²) in [7, 11) is -4.04. The number of benzene rings is 1. The van der Waals surface area contributed by atoms with E-state index in [4.69, 9.17) is 104 Å². The maximum Gasteiger partial charge on any atom is 0.597 e. The van der Waals surface area contributed by atoms with Crippen LogP contribution >= 0.6 is 0 Å². The monoisotopic (exact) mass is 1320 g/mol. The molecule has 0 bridgehead atoms. The summed E-state index contributed by atoms with van der Waals surface area (Å²) in [6, 6.07) is 6.53. The molecule has 0 saturated heterocycles. The van der Waals surface area contributed by atoms with E-state index in [0.717, 1.165) is 17.7 Å². The summed E-state index contributed by atoms with van der Waals surface area (Å²) in [6.07, 6.45) is 14.5. The minimum absolute atomic E-state index is 0.0809. The first kappa shape index (κ1) is 85.9. The van der Waals surface area contributed by atoms with Crippen LogP contribution in [0.2, 0.25) is 0 Å². The quantitative estimate of drug-likeness (QED) is 0.0529. The molecule has 1 aromatic rings. The summed E-state index contributed by atoms with van der Waals surface area (Å²) in [5.74, 6) is 3.67. The summed E-state index contributed by atoms with van der Waals surface area (Å²) in [5.41, 5.74) is 2.49. The van der Waals surface area contributed by atoms with Gasteiger partial charge in [0.1, 0.15) is 23.5 Å². The lowest BCUT2D eigenvalue weighted by molar-refractivity contribution is -0.640. The van der Waals surface area contributed by atoms with Crippen molar-refractivity contribution in [3.63, 3.8) is 0 Å². The Morgan fingerprint density at radius 1 is 0.333 bits per heavy atom. The van der Waals surface area contributed by atoms with Crippen LogP contribution in [0.25, 0.3) is 6.08 Å². The number of aryl methyl sites for hydroxylation is 1. The maximum absolute atomic E-state index is 10.9.